The Bertz CT molecular complexity index is 140. The molecule has 3 heteroatoms. The van der Waals surface area contributed by atoms with Crippen LogP contribution < -0.4 is 5.32 Å². The van der Waals surface area contributed by atoms with Crippen molar-refractivity contribution in [3.63, 3.8) is 0 Å². The average molecular weight is 142 g/mol. The second-order valence-electron chi connectivity index (χ2n) is 3.35. The van der Waals surface area contributed by atoms with Gasteiger partial charge in [0.2, 0.25) is 0 Å². The first-order chi connectivity index (χ1) is 4.79. The van der Waals surface area contributed by atoms with Gasteiger partial charge in [-0.1, -0.05) is 0 Å². The summed E-state index contributed by atoms with van der Waals surface area (Å²) in [6.07, 6.45) is 0.965. The van der Waals surface area contributed by atoms with Crippen molar-refractivity contribution in [1.29, 1.82) is 0 Å². The van der Waals surface area contributed by atoms with Crippen LogP contribution in [-0.2, 0) is 0 Å². The third-order valence-corrected chi connectivity index (χ3v) is 2.70. The van der Waals surface area contributed by atoms with Crippen LogP contribution in [0.1, 0.15) is 6.42 Å². The third-order valence-electron chi connectivity index (χ3n) is 2.70. The number of aliphatic hydroxyl groups is 1. The van der Waals surface area contributed by atoms with Gasteiger partial charge in [0.05, 0.1) is 6.10 Å². The van der Waals surface area contributed by atoms with Gasteiger partial charge in [-0.15, -0.1) is 0 Å². The van der Waals surface area contributed by atoms with E-state index in [2.05, 4.69) is 17.3 Å². The summed E-state index contributed by atoms with van der Waals surface area (Å²) in [5, 5.41) is 12.9. The van der Waals surface area contributed by atoms with E-state index in [1.807, 2.05) is 0 Å². The van der Waals surface area contributed by atoms with Crippen LogP contribution in [0.4, 0.5) is 0 Å². The molecular weight excluding hydrogens is 128 g/mol. The van der Waals surface area contributed by atoms with Gasteiger partial charge < -0.3 is 10.4 Å². The predicted molar refractivity (Wildman–Crippen MR) is 38.8 cm³/mol. The zero-order valence-corrected chi connectivity index (χ0v) is 6.25. The van der Waals surface area contributed by atoms with Gasteiger partial charge in [0.1, 0.15) is 0 Å². The molecule has 10 heavy (non-hydrogen) atoms. The number of hydrogen-bond acceptors (Lipinski definition) is 3. The van der Waals surface area contributed by atoms with E-state index in [1.54, 1.807) is 0 Å². The molecule has 2 aliphatic rings. The van der Waals surface area contributed by atoms with Gasteiger partial charge in [-0.3, -0.25) is 4.90 Å². The van der Waals surface area contributed by atoms with Crippen LogP contribution in [0.25, 0.3) is 0 Å². The van der Waals surface area contributed by atoms with Crippen LogP contribution in [0.15, 0.2) is 0 Å². The van der Waals surface area contributed by atoms with Gasteiger partial charge in [-0.05, 0) is 20.0 Å². The van der Waals surface area contributed by atoms with Crippen molar-refractivity contribution in [3.05, 3.63) is 0 Å². The minimum absolute atomic E-state index is 0.126. The van der Waals surface area contributed by atoms with Crippen LogP contribution in [0.2, 0.25) is 0 Å². The highest BCUT2D eigenvalue weighted by Gasteiger charge is 2.40. The molecule has 0 radical (unpaired) electrons. The number of likely N-dealkylation sites (N-methyl/N-ethyl adjacent to an activating group) is 1. The number of likely N-dealkylation sites (tertiary alicyclic amines) is 1. The van der Waals surface area contributed by atoms with Gasteiger partial charge in [0, 0.05) is 18.6 Å². The number of hydrogen-bond donors (Lipinski definition) is 2. The molecule has 2 fully saturated rings. The van der Waals surface area contributed by atoms with E-state index >= 15 is 0 Å². The molecule has 0 amide bonds. The molecule has 2 N–H and O–H groups in total. The first-order valence-electron chi connectivity index (χ1n) is 3.91. The Balaban J connectivity index is 2.14. The number of piperidine rings is 1. The number of nitrogens with one attached hydrogen (secondary N) is 1. The molecule has 2 aliphatic heterocycles. The quantitative estimate of drug-likeness (QED) is 0.456. The summed E-state index contributed by atoms with van der Waals surface area (Å²) in [5.41, 5.74) is 0. The van der Waals surface area contributed by atoms with Crippen molar-refractivity contribution in [3.8, 4) is 0 Å². The molecule has 0 aliphatic carbocycles. The molecule has 0 spiro atoms. The van der Waals surface area contributed by atoms with Crippen LogP contribution in [0, 0.1) is 0 Å². The number of aliphatic hydroxyl groups excluding tert-OH is 1. The van der Waals surface area contributed by atoms with Gasteiger partial charge in [0.25, 0.3) is 0 Å². The van der Waals surface area contributed by atoms with Crippen molar-refractivity contribution in [2.24, 2.45) is 0 Å². The van der Waals surface area contributed by atoms with Crippen molar-refractivity contribution in [1.82, 2.24) is 10.2 Å². The van der Waals surface area contributed by atoms with E-state index in [0.29, 0.717) is 12.1 Å². The van der Waals surface area contributed by atoms with Crippen molar-refractivity contribution >= 4 is 0 Å². The fourth-order valence-electron chi connectivity index (χ4n) is 2.08. The summed E-state index contributed by atoms with van der Waals surface area (Å²) in [7, 11) is 2.08. The molecule has 2 heterocycles. The van der Waals surface area contributed by atoms with E-state index < -0.39 is 0 Å². The highest BCUT2D eigenvalue weighted by Crippen LogP contribution is 2.22. The highest BCUT2D eigenvalue weighted by atomic mass is 16.3. The monoisotopic (exact) mass is 142 g/mol. The van der Waals surface area contributed by atoms with E-state index in [-0.39, 0.29) is 6.10 Å². The topological polar surface area (TPSA) is 35.5 Å². The van der Waals surface area contributed by atoms with Crippen LogP contribution in [0.5, 0.6) is 0 Å². The van der Waals surface area contributed by atoms with Crippen LogP contribution >= 0.6 is 0 Å². The minimum Gasteiger partial charge on any atom is -0.390 e. The maximum absolute atomic E-state index is 9.57. The maximum atomic E-state index is 9.57. The van der Waals surface area contributed by atoms with E-state index in [9.17, 15) is 5.11 Å². The summed E-state index contributed by atoms with van der Waals surface area (Å²) in [4.78, 5) is 2.25. The Morgan fingerprint density at radius 3 is 3.00 bits per heavy atom. The summed E-state index contributed by atoms with van der Waals surface area (Å²) < 4.78 is 0. The first kappa shape index (κ1) is 6.58. The number of rotatable bonds is 0. The lowest BCUT2D eigenvalue weighted by Crippen LogP contribution is -2.47. The van der Waals surface area contributed by atoms with Crippen LogP contribution in [-0.4, -0.2) is 48.3 Å². The largest absolute Gasteiger partial charge is 0.390 e. The molecule has 0 aromatic rings. The molecule has 0 aromatic carbocycles. The number of fused-ring (bicyclic) bond motifs is 2. The first-order valence-corrected chi connectivity index (χ1v) is 3.91. The van der Waals surface area contributed by atoms with Crippen LogP contribution in [0.3, 0.4) is 0 Å². The minimum atomic E-state index is -0.126. The summed E-state index contributed by atoms with van der Waals surface area (Å²) >= 11 is 0. The molecule has 2 saturated heterocycles. The Kier molecular flexibility index (Phi) is 1.44. The lowest BCUT2D eigenvalue weighted by atomic mass is 10.0. The van der Waals surface area contributed by atoms with E-state index in [0.717, 1.165) is 19.5 Å². The normalized spacial score (nSPS) is 48.0. The van der Waals surface area contributed by atoms with Gasteiger partial charge >= 0.3 is 0 Å². The molecule has 0 aromatic heterocycles. The SMILES string of the molecule is CN1CC2NCCC1C2O. The molecule has 3 nitrogen and oxygen atoms in total. The molecular formula is C7H14N2O. The summed E-state index contributed by atoms with van der Waals surface area (Å²) in [6.45, 7) is 2.07. The third kappa shape index (κ3) is 0.779. The zero-order chi connectivity index (χ0) is 7.14. The Morgan fingerprint density at radius 1 is 1.60 bits per heavy atom. The predicted octanol–water partition coefficient (Wildman–Crippen LogP) is -0.977. The zero-order valence-electron chi connectivity index (χ0n) is 6.25. The Labute approximate surface area is 61.0 Å². The standard InChI is InChI=1S/C7H14N2O/c1-9-4-5-7(10)6(9)2-3-8-5/h5-8,10H,2-4H2,1H3. The average Bonchev–Trinajstić information content (AvgIpc) is 2.16. The van der Waals surface area contributed by atoms with Crippen molar-refractivity contribution in [2.45, 2.75) is 24.6 Å². The fraction of sp³-hybridized carbons (Fsp3) is 1.00. The highest BCUT2D eigenvalue weighted by molar-refractivity contribution is 4.99. The Morgan fingerprint density at radius 2 is 2.40 bits per heavy atom. The Hall–Kier alpha value is -0.120. The van der Waals surface area contributed by atoms with Gasteiger partial charge in [-0.25, -0.2) is 0 Å². The van der Waals surface area contributed by atoms with E-state index in [4.69, 9.17) is 0 Å². The lowest BCUT2D eigenvalue weighted by Gasteiger charge is -2.26. The lowest BCUT2D eigenvalue weighted by molar-refractivity contribution is 0.0881. The summed E-state index contributed by atoms with van der Waals surface area (Å²) in [5.74, 6) is 0. The number of nitrogens with zero attached hydrogens (tertiary/aromatic N) is 1. The van der Waals surface area contributed by atoms with Gasteiger partial charge in [-0.2, -0.15) is 0 Å². The molecule has 3 unspecified atom stereocenters. The maximum Gasteiger partial charge on any atom is 0.0860 e. The second-order valence-corrected chi connectivity index (χ2v) is 3.35. The van der Waals surface area contributed by atoms with Crippen molar-refractivity contribution in [2.75, 3.05) is 20.1 Å². The molecule has 2 rings (SSSR count). The molecule has 58 valence electrons. The molecule has 2 bridgehead atoms. The fourth-order valence-corrected chi connectivity index (χ4v) is 2.08. The van der Waals surface area contributed by atoms with Gasteiger partial charge in [0.15, 0.2) is 0 Å². The van der Waals surface area contributed by atoms with Crippen molar-refractivity contribution < 1.29 is 5.11 Å². The molecule has 0 saturated carbocycles. The summed E-state index contributed by atoms with van der Waals surface area (Å²) in [6, 6.07) is 0.759. The smallest absolute Gasteiger partial charge is 0.0860 e. The van der Waals surface area contributed by atoms with E-state index in [1.165, 1.54) is 0 Å². The second kappa shape index (κ2) is 2.19. The molecule has 3 atom stereocenters.